The Kier molecular flexibility index (Phi) is 8.18. The number of esters is 2. The number of thioether (sulfide) groups is 1. The first-order valence-corrected chi connectivity index (χ1v) is 10.0. The van der Waals surface area contributed by atoms with E-state index in [1.165, 1.54) is 44.1 Å². The Morgan fingerprint density at radius 3 is 2.43 bits per heavy atom. The number of hydrogen-bond donors (Lipinski definition) is 0. The van der Waals surface area contributed by atoms with Crippen molar-refractivity contribution in [3.8, 4) is 11.5 Å². The van der Waals surface area contributed by atoms with E-state index in [1.807, 2.05) is 0 Å². The molecule has 1 aliphatic rings. The topological polar surface area (TPSA) is 91.4 Å². The molecule has 28 heavy (non-hydrogen) atoms. The molecule has 10 heteroatoms. The van der Waals surface area contributed by atoms with Crippen LogP contribution in [0.5, 0.6) is 11.5 Å². The fourth-order valence-corrected chi connectivity index (χ4v) is 3.90. The van der Waals surface area contributed by atoms with Crippen molar-refractivity contribution >= 4 is 45.5 Å². The molecule has 8 nitrogen and oxygen atoms in total. The van der Waals surface area contributed by atoms with Crippen LogP contribution in [0.3, 0.4) is 0 Å². The van der Waals surface area contributed by atoms with Crippen LogP contribution in [0.1, 0.15) is 16.8 Å². The fourth-order valence-electron chi connectivity index (χ4n) is 2.39. The quantitative estimate of drug-likeness (QED) is 0.323. The summed E-state index contributed by atoms with van der Waals surface area (Å²) in [6.07, 6.45) is 1.70. The molecule has 1 amide bonds. The molecular weight excluding hydrogens is 454 g/mol. The minimum atomic E-state index is -0.531. The molecule has 1 aliphatic heterocycles. The molecular formula is C18H20BrNO7S. The molecule has 0 aromatic heterocycles. The second-order valence-electron chi connectivity index (χ2n) is 5.52. The first-order chi connectivity index (χ1) is 13.4. The van der Waals surface area contributed by atoms with E-state index in [0.29, 0.717) is 34.0 Å². The van der Waals surface area contributed by atoms with Gasteiger partial charge in [-0.3, -0.25) is 4.79 Å². The van der Waals surface area contributed by atoms with Gasteiger partial charge in [0.05, 0.1) is 50.4 Å². The van der Waals surface area contributed by atoms with Crippen LogP contribution in [-0.2, 0) is 19.1 Å². The van der Waals surface area contributed by atoms with E-state index >= 15 is 0 Å². The van der Waals surface area contributed by atoms with Gasteiger partial charge in [-0.2, -0.15) is 0 Å². The van der Waals surface area contributed by atoms with Crippen molar-refractivity contribution in [2.24, 2.45) is 0 Å². The smallest absolute Gasteiger partial charge is 0.338 e. The third-order valence-corrected chi connectivity index (χ3v) is 5.60. The summed E-state index contributed by atoms with van der Waals surface area (Å²) < 4.78 is 20.9. The zero-order valence-electron chi connectivity index (χ0n) is 15.7. The molecule has 1 heterocycles. The van der Waals surface area contributed by atoms with Crippen molar-refractivity contribution in [3.63, 3.8) is 0 Å². The van der Waals surface area contributed by atoms with Crippen LogP contribution in [0.4, 0.5) is 0 Å². The Labute approximate surface area is 175 Å². The highest BCUT2D eigenvalue weighted by Gasteiger charge is 2.27. The van der Waals surface area contributed by atoms with Crippen molar-refractivity contribution in [1.29, 1.82) is 0 Å². The number of carbonyl (C=O) groups excluding carboxylic acids is 3. The summed E-state index contributed by atoms with van der Waals surface area (Å²) in [7, 11) is 4.25. The van der Waals surface area contributed by atoms with Crippen LogP contribution in [0.25, 0.3) is 0 Å². The predicted molar refractivity (Wildman–Crippen MR) is 106 cm³/mol. The van der Waals surface area contributed by atoms with Gasteiger partial charge in [0.25, 0.3) is 0 Å². The highest BCUT2D eigenvalue weighted by molar-refractivity contribution is 9.10. The van der Waals surface area contributed by atoms with E-state index in [-0.39, 0.29) is 23.8 Å². The molecule has 0 atom stereocenters. The van der Waals surface area contributed by atoms with E-state index < -0.39 is 11.9 Å². The number of ether oxygens (including phenoxy) is 4. The molecule has 0 radical (unpaired) electrons. The van der Waals surface area contributed by atoms with Crippen LogP contribution in [0, 0.1) is 0 Å². The van der Waals surface area contributed by atoms with Gasteiger partial charge in [-0.25, -0.2) is 9.59 Å². The number of nitrogens with zero attached hydrogens (tertiary/aromatic N) is 1. The van der Waals surface area contributed by atoms with E-state index in [9.17, 15) is 14.4 Å². The summed E-state index contributed by atoms with van der Waals surface area (Å²) in [4.78, 5) is 37.1. The minimum Gasteiger partial charge on any atom is -0.495 e. The van der Waals surface area contributed by atoms with Gasteiger partial charge in [0.15, 0.2) is 0 Å². The molecule has 0 unspecified atom stereocenters. The summed E-state index contributed by atoms with van der Waals surface area (Å²) in [5.74, 6) is 0.00510. The summed E-state index contributed by atoms with van der Waals surface area (Å²) >= 11 is 4.61. The Bertz CT molecular complexity index is 771. The number of halogens is 1. The number of amides is 1. The van der Waals surface area contributed by atoms with E-state index in [4.69, 9.17) is 14.2 Å². The van der Waals surface area contributed by atoms with Crippen LogP contribution in [0.2, 0.25) is 0 Å². The zero-order chi connectivity index (χ0) is 20.7. The first-order valence-electron chi connectivity index (χ1n) is 8.22. The monoisotopic (exact) mass is 473 g/mol. The second-order valence-corrected chi connectivity index (χ2v) is 7.31. The molecule has 0 bridgehead atoms. The summed E-state index contributed by atoms with van der Waals surface area (Å²) in [6.45, 7) is 0.439. The Hall–Kier alpha value is -2.20. The van der Waals surface area contributed by atoms with Gasteiger partial charge in [-0.1, -0.05) is 11.8 Å². The Morgan fingerprint density at radius 1 is 1.21 bits per heavy atom. The second kappa shape index (κ2) is 10.4. The first kappa shape index (κ1) is 22.1. The van der Waals surface area contributed by atoms with Crippen LogP contribution < -0.4 is 9.47 Å². The van der Waals surface area contributed by atoms with Crippen LogP contribution in [-0.4, -0.2) is 63.0 Å². The zero-order valence-corrected chi connectivity index (χ0v) is 18.1. The highest BCUT2D eigenvalue weighted by atomic mass is 79.9. The molecule has 1 aromatic carbocycles. The van der Waals surface area contributed by atoms with Gasteiger partial charge in [-0.15, -0.1) is 0 Å². The van der Waals surface area contributed by atoms with E-state index in [1.54, 1.807) is 12.1 Å². The van der Waals surface area contributed by atoms with Crippen LogP contribution in [0.15, 0.2) is 27.7 Å². The number of hydrogen-bond acceptors (Lipinski definition) is 8. The van der Waals surface area contributed by atoms with Crippen molar-refractivity contribution in [1.82, 2.24) is 4.90 Å². The maximum atomic E-state index is 12.3. The van der Waals surface area contributed by atoms with Crippen molar-refractivity contribution < 1.29 is 33.3 Å². The van der Waals surface area contributed by atoms with Gasteiger partial charge in [0, 0.05) is 6.54 Å². The van der Waals surface area contributed by atoms with Crippen molar-refractivity contribution in [2.45, 2.75) is 6.42 Å². The summed E-state index contributed by atoms with van der Waals surface area (Å²) in [5, 5.41) is 0.533. The average molecular weight is 474 g/mol. The fraction of sp³-hybridized carbons (Fsp3) is 0.389. The molecule has 0 saturated carbocycles. The number of methoxy groups -OCH3 is 3. The molecule has 0 aliphatic carbocycles. The van der Waals surface area contributed by atoms with Gasteiger partial charge in [0.2, 0.25) is 5.91 Å². The third-order valence-electron chi connectivity index (χ3n) is 3.79. The van der Waals surface area contributed by atoms with Gasteiger partial charge >= 0.3 is 11.9 Å². The van der Waals surface area contributed by atoms with Crippen molar-refractivity contribution in [3.05, 3.63) is 33.3 Å². The highest BCUT2D eigenvalue weighted by Crippen LogP contribution is 2.35. The molecule has 2 rings (SSSR count). The Balaban J connectivity index is 1.93. The van der Waals surface area contributed by atoms with Crippen LogP contribution >= 0.6 is 27.7 Å². The summed E-state index contributed by atoms with van der Waals surface area (Å²) in [5.41, 5.74) is 0.288. The van der Waals surface area contributed by atoms with E-state index in [2.05, 4.69) is 20.7 Å². The summed E-state index contributed by atoms with van der Waals surface area (Å²) in [6, 6.07) is 3.10. The lowest BCUT2D eigenvalue weighted by molar-refractivity contribution is -0.134. The predicted octanol–water partition coefficient (Wildman–Crippen LogP) is 2.60. The van der Waals surface area contributed by atoms with Gasteiger partial charge in [0.1, 0.15) is 16.0 Å². The maximum absolute atomic E-state index is 12.3. The number of carbonyl (C=O) groups is 3. The Morgan fingerprint density at radius 2 is 1.86 bits per heavy atom. The molecule has 0 spiro atoms. The lowest BCUT2D eigenvalue weighted by atomic mass is 10.2. The maximum Gasteiger partial charge on any atom is 0.338 e. The molecule has 0 N–H and O–H groups in total. The molecule has 152 valence electrons. The largest absolute Gasteiger partial charge is 0.495 e. The third kappa shape index (κ3) is 5.41. The minimum absolute atomic E-state index is 0.103. The normalized spacial score (nSPS) is 14.9. The molecule has 1 fully saturated rings. The standard InChI is InChI=1S/C18H20BrNO7S/c1-24-12-7-11(8-13(25-2)17(12)19)18(23)27-6-4-5-20-14(21)10-28-15(20)9-16(22)26-3/h7-9H,4-6,10H2,1-3H3/b15-9+. The van der Waals surface area contributed by atoms with Gasteiger partial charge in [-0.05, 0) is 34.5 Å². The number of benzene rings is 1. The van der Waals surface area contributed by atoms with Crippen molar-refractivity contribution in [2.75, 3.05) is 40.2 Å². The lowest BCUT2D eigenvalue weighted by Crippen LogP contribution is -2.27. The SMILES string of the molecule is COC(=O)/C=C1/SCC(=O)N1CCCOC(=O)c1cc(OC)c(Br)c(OC)c1. The van der Waals surface area contributed by atoms with Gasteiger partial charge < -0.3 is 23.8 Å². The molecule has 1 saturated heterocycles. The lowest BCUT2D eigenvalue weighted by Gasteiger charge is -2.17. The number of rotatable bonds is 8. The average Bonchev–Trinajstić information content (AvgIpc) is 3.04. The van der Waals surface area contributed by atoms with E-state index in [0.717, 1.165) is 0 Å². The molecule has 1 aromatic rings.